The van der Waals surface area contributed by atoms with Gasteiger partial charge in [-0.2, -0.15) is 0 Å². The number of carbonyl (C=O) groups excluding carboxylic acids is 1. The number of benzene rings is 1. The highest BCUT2D eigenvalue weighted by Gasteiger charge is 2.27. The highest BCUT2D eigenvalue weighted by Crippen LogP contribution is 2.26. The molecule has 2 atom stereocenters. The molecule has 0 spiro atoms. The summed E-state index contributed by atoms with van der Waals surface area (Å²) in [7, 11) is 0. The molecular formula is C18H26N2O2. The van der Waals surface area contributed by atoms with Crippen molar-refractivity contribution in [1.82, 2.24) is 5.32 Å². The fraction of sp³-hybridized carbons (Fsp3) is 0.611. The molecule has 22 heavy (non-hydrogen) atoms. The van der Waals surface area contributed by atoms with Crippen molar-refractivity contribution in [3.63, 3.8) is 0 Å². The van der Waals surface area contributed by atoms with E-state index in [0.717, 1.165) is 51.0 Å². The fourth-order valence-corrected chi connectivity index (χ4v) is 3.69. The van der Waals surface area contributed by atoms with Crippen LogP contribution in [0.25, 0.3) is 0 Å². The van der Waals surface area contributed by atoms with Crippen LogP contribution in [0, 0.1) is 5.92 Å². The number of fused-ring (bicyclic) bond motifs is 1. The molecule has 1 aliphatic heterocycles. The predicted octanol–water partition coefficient (Wildman–Crippen LogP) is 2.19. The Balaban J connectivity index is 1.54. The Labute approximate surface area is 132 Å². The lowest BCUT2D eigenvalue weighted by Gasteiger charge is -2.23. The standard InChI is InChI=1S/C18H26N2O2/c19-18(21)15-4-2-1-3-5-16(15)20-10-8-13-6-7-17-14(12-13)9-11-22-17/h6-7,12,15-16,20H,1-5,8-11H2,(H2,19,21). The van der Waals surface area contributed by atoms with Crippen LogP contribution < -0.4 is 15.8 Å². The SMILES string of the molecule is NC(=O)C1CCCCCC1NCCc1ccc2c(c1)CCO2. The van der Waals surface area contributed by atoms with Gasteiger partial charge < -0.3 is 15.8 Å². The van der Waals surface area contributed by atoms with Crippen molar-refractivity contribution in [2.75, 3.05) is 13.2 Å². The lowest BCUT2D eigenvalue weighted by Crippen LogP contribution is -2.42. The molecule has 1 heterocycles. The molecule has 1 aliphatic carbocycles. The van der Waals surface area contributed by atoms with Crippen molar-refractivity contribution in [3.05, 3.63) is 29.3 Å². The fourth-order valence-electron chi connectivity index (χ4n) is 3.69. The van der Waals surface area contributed by atoms with Gasteiger partial charge in [0.1, 0.15) is 5.75 Å². The first-order valence-electron chi connectivity index (χ1n) is 8.51. The molecule has 1 saturated carbocycles. The summed E-state index contributed by atoms with van der Waals surface area (Å²) in [6.45, 7) is 1.70. The van der Waals surface area contributed by atoms with Crippen LogP contribution in [0.3, 0.4) is 0 Å². The number of hydrogen-bond donors (Lipinski definition) is 2. The lowest BCUT2D eigenvalue weighted by molar-refractivity contribution is -0.122. The Hall–Kier alpha value is -1.55. The summed E-state index contributed by atoms with van der Waals surface area (Å²) in [5.74, 6) is 0.888. The highest BCUT2D eigenvalue weighted by atomic mass is 16.5. The second-order valence-corrected chi connectivity index (χ2v) is 6.50. The van der Waals surface area contributed by atoms with E-state index in [2.05, 4.69) is 23.5 Å². The van der Waals surface area contributed by atoms with E-state index in [9.17, 15) is 4.79 Å². The van der Waals surface area contributed by atoms with Crippen molar-refractivity contribution < 1.29 is 9.53 Å². The van der Waals surface area contributed by atoms with Gasteiger partial charge in [0.2, 0.25) is 5.91 Å². The van der Waals surface area contributed by atoms with Crippen LogP contribution in [-0.2, 0) is 17.6 Å². The number of rotatable bonds is 5. The zero-order valence-corrected chi connectivity index (χ0v) is 13.1. The number of hydrogen-bond acceptors (Lipinski definition) is 3. The molecule has 0 radical (unpaired) electrons. The van der Waals surface area contributed by atoms with Crippen molar-refractivity contribution in [3.8, 4) is 5.75 Å². The molecule has 2 aliphatic rings. The van der Waals surface area contributed by atoms with Gasteiger partial charge in [0.25, 0.3) is 0 Å². The van der Waals surface area contributed by atoms with E-state index in [1.165, 1.54) is 24.0 Å². The van der Waals surface area contributed by atoms with Gasteiger partial charge in [0.15, 0.2) is 0 Å². The molecule has 1 aromatic carbocycles. The number of nitrogens with two attached hydrogens (primary N) is 1. The van der Waals surface area contributed by atoms with Gasteiger partial charge in [-0.3, -0.25) is 4.79 Å². The summed E-state index contributed by atoms with van der Waals surface area (Å²) in [6, 6.07) is 6.72. The van der Waals surface area contributed by atoms with E-state index >= 15 is 0 Å². The predicted molar refractivity (Wildman–Crippen MR) is 86.9 cm³/mol. The smallest absolute Gasteiger partial charge is 0.222 e. The molecule has 3 rings (SSSR count). The summed E-state index contributed by atoms with van der Waals surface area (Å²) in [5.41, 5.74) is 8.23. The van der Waals surface area contributed by atoms with E-state index < -0.39 is 0 Å². The van der Waals surface area contributed by atoms with Crippen LogP contribution in [0.5, 0.6) is 5.75 Å². The van der Waals surface area contributed by atoms with Gasteiger partial charge in [-0.15, -0.1) is 0 Å². The molecule has 2 unspecified atom stereocenters. The van der Waals surface area contributed by atoms with Gasteiger partial charge in [-0.1, -0.05) is 31.4 Å². The number of carbonyl (C=O) groups is 1. The van der Waals surface area contributed by atoms with Crippen LogP contribution >= 0.6 is 0 Å². The molecule has 0 aromatic heterocycles. The Bertz CT molecular complexity index is 530. The van der Waals surface area contributed by atoms with Gasteiger partial charge in [0, 0.05) is 12.5 Å². The molecular weight excluding hydrogens is 276 g/mol. The second kappa shape index (κ2) is 7.14. The van der Waals surface area contributed by atoms with Crippen LogP contribution in [0.2, 0.25) is 0 Å². The van der Waals surface area contributed by atoms with Crippen molar-refractivity contribution in [2.45, 2.75) is 51.0 Å². The zero-order valence-electron chi connectivity index (χ0n) is 13.1. The van der Waals surface area contributed by atoms with E-state index in [0.29, 0.717) is 0 Å². The first-order valence-corrected chi connectivity index (χ1v) is 8.51. The summed E-state index contributed by atoms with van der Waals surface area (Å²) in [4.78, 5) is 11.6. The Morgan fingerprint density at radius 1 is 1.27 bits per heavy atom. The maximum atomic E-state index is 11.6. The minimum atomic E-state index is -0.144. The van der Waals surface area contributed by atoms with Crippen molar-refractivity contribution in [2.24, 2.45) is 11.7 Å². The van der Waals surface area contributed by atoms with Gasteiger partial charge in [0.05, 0.1) is 12.5 Å². The summed E-state index contributed by atoms with van der Waals surface area (Å²) >= 11 is 0. The second-order valence-electron chi connectivity index (χ2n) is 6.50. The van der Waals surface area contributed by atoms with E-state index in [4.69, 9.17) is 10.5 Å². The monoisotopic (exact) mass is 302 g/mol. The van der Waals surface area contributed by atoms with Crippen LogP contribution in [0.1, 0.15) is 43.2 Å². The van der Waals surface area contributed by atoms with Crippen LogP contribution in [0.4, 0.5) is 0 Å². The first-order chi connectivity index (χ1) is 10.7. The molecule has 1 amide bonds. The number of ether oxygens (including phenoxy) is 1. The maximum Gasteiger partial charge on any atom is 0.222 e. The Morgan fingerprint density at radius 3 is 3.00 bits per heavy atom. The van der Waals surface area contributed by atoms with Crippen LogP contribution in [0.15, 0.2) is 18.2 Å². The molecule has 3 N–H and O–H groups in total. The highest BCUT2D eigenvalue weighted by molar-refractivity contribution is 5.77. The molecule has 120 valence electrons. The lowest BCUT2D eigenvalue weighted by atomic mass is 9.94. The van der Waals surface area contributed by atoms with E-state index in [-0.39, 0.29) is 17.9 Å². The van der Waals surface area contributed by atoms with E-state index in [1.807, 2.05) is 0 Å². The average Bonchev–Trinajstić information content (AvgIpc) is 2.84. The van der Waals surface area contributed by atoms with Crippen LogP contribution in [-0.4, -0.2) is 25.1 Å². The largest absolute Gasteiger partial charge is 0.493 e. The summed E-state index contributed by atoms with van der Waals surface area (Å²) < 4.78 is 5.54. The quantitative estimate of drug-likeness (QED) is 0.820. The summed E-state index contributed by atoms with van der Waals surface area (Å²) in [5, 5.41) is 3.58. The third-order valence-corrected chi connectivity index (χ3v) is 4.96. The molecule has 4 heteroatoms. The normalized spacial score (nSPS) is 24.4. The third-order valence-electron chi connectivity index (χ3n) is 4.96. The topological polar surface area (TPSA) is 64.4 Å². The average molecular weight is 302 g/mol. The Kier molecular flexibility index (Phi) is 4.98. The summed E-state index contributed by atoms with van der Waals surface area (Å²) in [6.07, 6.45) is 7.52. The van der Waals surface area contributed by atoms with E-state index in [1.54, 1.807) is 0 Å². The minimum absolute atomic E-state index is 0.00378. The zero-order chi connectivity index (χ0) is 15.4. The minimum Gasteiger partial charge on any atom is -0.493 e. The van der Waals surface area contributed by atoms with Crippen molar-refractivity contribution >= 4 is 5.91 Å². The Morgan fingerprint density at radius 2 is 2.14 bits per heavy atom. The molecule has 1 fully saturated rings. The van der Waals surface area contributed by atoms with Gasteiger partial charge in [-0.25, -0.2) is 0 Å². The molecule has 0 bridgehead atoms. The van der Waals surface area contributed by atoms with Crippen molar-refractivity contribution in [1.29, 1.82) is 0 Å². The van der Waals surface area contributed by atoms with Gasteiger partial charge in [-0.05, 0) is 43.0 Å². The molecule has 1 aromatic rings. The third kappa shape index (κ3) is 3.61. The number of amides is 1. The maximum absolute atomic E-state index is 11.6. The number of nitrogens with one attached hydrogen (secondary N) is 1. The number of primary amides is 1. The first kappa shape index (κ1) is 15.3. The molecule has 0 saturated heterocycles. The molecule has 4 nitrogen and oxygen atoms in total. The van der Waals surface area contributed by atoms with Gasteiger partial charge >= 0.3 is 0 Å².